The van der Waals surface area contributed by atoms with Crippen molar-refractivity contribution in [1.82, 2.24) is 4.90 Å². The van der Waals surface area contributed by atoms with Gasteiger partial charge < -0.3 is 20.4 Å². The third-order valence-corrected chi connectivity index (χ3v) is 7.28. The summed E-state index contributed by atoms with van der Waals surface area (Å²) in [5, 5.41) is 23.0. The lowest BCUT2D eigenvalue weighted by Crippen LogP contribution is -2.48. The van der Waals surface area contributed by atoms with Crippen LogP contribution in [0.4, 0.5) is 5.69 Å². The van der Waals surface area contributed by atoms with Crippen LogP contribution in [0.25, 0.3) is 0 Å². The first-order valence-corrected chi connectivity index (χ1v) is 10.4. The fourth-order valence-electron chi connectivity index (χ4n) is 5.55. The summed E-state index contributed by atoms with van der Waals surface area (Å²) in [6.07, 6.45) is 6.34. The number of benzene rings is 1. The van der Waals surface area contributed by atoms with Crippen LogP contribution in [0.5, 0.6) is 0 Å². The second kappa shape index (κ2) is 7.48. The van der Waals surface area contributed by atoms with Crippen LogP contribution >= 0.6 is 0 Å². The Morgan fingerprint density at radius 2 is 1.79 bits per heavy atom. The van der Waals surface area contributed by atoms with Crippen molar-refractivity contribution in [2.45, 2.75) is 51.4 Å². The lowest BCUT2D eigenvalue weighted by molar-refractivity contribution is -0.131. The van der Waals surface area contributed by atoms with Crippen molar-refractivity contribution in [1.29, 1.82) is 0 Å². The molecule has 0 radical (unpaired) electrons. The van der Waals surface area contributed by atoms with Crippen LogP contribution in [0.3, 0.4) is 0 Å². The Bertz CT molecular complexity index is 758. The molecule has 3 aliphatic rings. The van der Waals surface area contributed by atoms with Gasteiger partial charge in [-0.05, 0) is 42.9 Å². The molecular weight excluding hydrogens is 356 g/mol. The Morgan fingerprint density at radius 1 is 1.11 bits per heavy atom. The Kier molecular flexibility index (Phi) is 5.19. The van der Waals surface area contributed by atoms with Gasteiger partial charge in [-0.25, -0.2) is 0 Å². The highest BCUT2D eigenvalue weighted by molar-refractivity contribution is 5.99. The van der Waals surface area contributed by atoms with E-state index in [0.29, 0.717) is 25.9 Å². The van der Waals surface area contributed by atoms with Gasteiger partial charge in [0.2, 0.25) is 11.8 Å². The number of likely N-dealkylation sites (tertiary alicyclic amines) is 1. The Labute approximate surface area is 165 Å². The smallest absolute Gasteiger partial charge is 0.228 e. The average Bonchev–Trinajstić information content (AvgIpc) is 3.25. The first kappa shape index (κ1) is 19.4. The van der Waals surface area contributed by atoms with Crippen LogP contribution in [-0.4, -0.2) is 53.2 Å². The predicted molar refractivity (Wildman–Crippen MR) is 106 cm³/mol. The van der Waals surface area contributed by atoms with Gasteiger partial charge in [-0.3, -0.25) is 9.59 Å². The fourth-order valence-corrected chi connectivity index (χ4v) is 5.55. The zero-order valence-corrected chi connectivity index (χ0v) is 16.4. The number of fused-ring (bicyclic) bond motifs is 2. The third-order valence-electron chi connectivity index (χ3n) is 7.28. The molecule has 0 aromatic heterocycles. The molecule has 0 spiro atoms. The van der Waals surface area contributed by atoms with E-state index in [4.69, 9.17) is 0 Å². The van der Waals surface area contributed by atoms with Gasteiger partial charge in [0.1, 0.15) is 0 Å². The van der Waals surface area contributed by atoms with Gasteiger partial charge in [-0.2, -0.15) is 0 Å². The molecule has 1 aliphatic carbocycles. The van der Waals surface area contributed by atoms with Crippen LogP contribution in [0, 0.1) is 10.8 Å². The minimum absolute atomic E-state index is 0.0356. The maximum atomic E-state index is 12.8. The molecule has 1 saturated carbocycles. The standard InChI is InChI=1S/C22H30N2O4/c25-14-21-8-1-2-9-22(21,15-26)13-24(12-21)20(28)5-3-4-16-6-7-18-17(10-16)11-19(27)23-18/h6-7,10,25-26H,1-5,8-9,11-15H2,(H,23,27)/t21-,22+. The van der Waals surface area contributed by atoms with E-state index in [1.807, 2.05) is 17.0 Å². The molecule has 2 heterocycles. The van der Waals surface area contributed by atoms with Crippen LogP contribution in [0.2, 0.25) is 0 Å². The number of carbonyl (C=O) groups excluding carboxylic acids is 2. The van der Waals surface area contributed by atoms with Gasteiger partial charge in [-0.15, -0.1) is 0 Å². The Morgan fingerprint density at radius 3 is 2.43 bits per heavy atom. The maximum Gasteiger partial charge on any atom is 0.228 e. The molecule has 152 valence electrons. The summed E-state index contributed by atoms with van der Waals surface area (Å²) >= 11 is 0. The quantitative estimate of drug-likeness (QED) is 0.696. The summed E-state index contributed by atoms with van der Waals surface area (Å²) in [5.41, 5.74) is 2.40. The van der Waals surface area contributed by atoms with Gasteiger partial charge in [-0.1, -0.05) is 25.0 Å². The van der Waals surface area contributed by atoms with Gasteiger partial charge in [0.25, 0.3) is 0 Å². The van der Waals surface area contributed by atoms with Crippen molar-refractivity contribution < 1.29 is 19.8 Å². The number of carbonyl (C=O) groups is 2. The molecule has 6 heteroatoms. The third kappa shape index (κ3) is 3.22. The molecule has 28 heavy (non-hydrogen) atoms. The summed E-state index contributed by atoms with van der Waals surface area (Å²) in [6.45, 7) is 1.21. The van der Waals surface area contributed by atoms with E-state index < -0.39 is 0 Å². The molecule has 2 amide bonds. The fraction of sp³-hybridized carbons (Fsp3) is 0.636. The molecule has 1 saturated heterocycles. The number of amides is 2. The minimum atomic E-state index is -0.338. The number of hydrogen-bond acceptors (Lipinski definition) is 4. The topological polar surface area (TPSA) is 89.9 Å². The lowest BCUT2D eigenvalue weighted by atomic mass is 9.58. The number of aliphatic hydroxyl groups is 2. The summed E-state index contributed by atoms with van der Waals surface area (Å²) < 4.78 is 0. The number of nitrogens with zero attached hydrogens (tertiary/aromatic N) is 1. The highest BCUT2D eigenvalue weighted by atomic mass is 16.3. The number of hydrogen-bond donors (Lipinski definition) is 3. The second-order valence-electron chi connectivity index (χ2n) is 8.90. The number of anilines is 1. The molecule has 6 nitrogen and oxygen atoms in total. The van der Waals surface area contributed by atoms with Crippen LogP contribution < -0.4 is 5.32 Å². The van der Waals surface area contributed by atoms with Crippen molar-refractivity contribution in [3.63, 3.8) is 0 Å². The van der Waals surface area contributed by atoms with E-state index in [2.05, 4.69) is 11.4 Å². The summed E-state index contributed by atoms with van der Waals surface area (Å²) in [6, 6.07) is 6.02. The van der Waals surface area contributed by atoms with Crippen molar-refractivity contribution in [3.8, 4) is 0 Å². The molecule has 1 aromatic rings. The average molecular weight is 386 g/mol. The molecule has 0 bridgehead atoms. The number of rotatable bonds is 6. The highest BCUT2D eigenvalue weighted by Gasteiger charge is 2.58. The van der Waals surface area contributed by atoms with E-state index in [1.165, 1.54) is 0 Å². The van der Waals surface area contributed by atoms with Crippen LogP contribution in [-0.2, 0) is 22.4 Å². The van der Waals surface area contributed by atoms with Crippen LogP contribution in [0.15, 0.2) is 18.2 Å². The van der Waals surface area contributed by atoms with Crippen molar-refractivity contribution >= 4 is 17.5 Å². The Balaban J connectivity index is 1.35. The second-order valence-corrected chi connectivity index (χ2v) is 8.90. The first-order valence-electron chi connectivity index (χ1n) is 10.4. The summed E-state index contributed by atoms with van der Waals surface area (Å²) in [5.74, 6) is 0.154. The van der Waals surface area contributed by atoms with Crippen LogP contribution in [0.1, 0.15) is 49.7 Å². The first-order chi connectivity index (χ1) is 13.5. The molecule has 0 unspecified atom stereocenters. The summed E-state index contributed by atoms with van der Waals surface area (Å²) in [4.78, 5) is 26.2. The zero-order valence-electron chi connectivity index (χ0n) is 16.4. The number of nitrogens with one attached hydrogen (secondary N) is 1. The molecule has 2 fully saturated rings. The monoisotopic (exact) mass is 386 g/mol. The lowest BCUT2D eigenvalue weighted by Gasteiger charge is -2.46. The number of aliphatic hydroxyl groups excluding tert-OH is 2. The SMILES string of the molecule is O=C1Cc2cc(CCCC(=O)N3C[C@]4(CO)CCCC[C@]4(CO)C3)ccc2N1. The van der Waals surface area contributed by atoms with Crippen molar-refractivity contribution in [2.75, 3.05) is 31.6 Å². The van der Waals surface area contributed by atoms with E-state index >= 15 is 0 Å². The van der Waals surface area contributed by atoms with Gasteiger partial charge >= 0.3 is 0 Å². The predicted octanol–water partition coefficient (Wildman–Crippen LogP) is 1.88. The molecule has 1 aromatic carbocycles. The minimum Gasteiger partial charge on any atom is -0.396 e. The molecule has 4 rings (SSSR count). The van der Waals surface area contributed by atoms with Gasteiger partial charge in [0, 0.05) is 36.0 Å². The summed E-state index contributed by atoms with van der Waals surface area (Å²) in [7, 11) is 0. The number of aryl methyl sites for hydroxylation is 1. The van der Waals surface area contributed by atoms with E-state index in [9.17, 15) is 19.8 Å². The highest BCUT2D eigenvalue weighted by Crippen LogP contribution is 2.55. The van der Waals surface area contributed by atoms with E-state index in [-0.39, 0.29) is 35.9 Å². The Hall–Kier alpha value is -1.92. The zero-order chi connectivity index (χ0) is 19.8. The van der Waals surface area contributed by atoms with Crippen molar-refractivity contribution in [2.24, 2.45) is 10.8 Å². The molecule has 3 N–H and O–H groups in total. The van der Waals surface area contributed by atoms with E-state index in [0.717, 1.165) is 55.3 Å². The molecule has 2 atom stereocenters. The largest absolute Gasteiger partial charge is 0.396 e. The van der Waals surface area contributed by atoms with Crippen molar-refractivity contribution in [3.05, 3.63) is 29.3 Å². The van der Waals surface area contributed by atoms with E-state index in [1.54, 1.807) is 0 Å². The molecule has 2 aliphatic heterocycles. The maximum absolute atomic E-state index is 12.8. The normalized spacial score (nSPS) is 28.8. The van der Waals surface area contributed by atoms with Gasteiger partial charge in [0.15, 0.2) is 0 Å². The molecular formula is C22H30N2O4. The van der Waals surface area contributed by atoms with Gasteiger partial charge in [0.05, 0.1) is 19.6 Å².